The second kappa shape index (κ2) is 6.52. The number of nitrogens with zero attached hydrogens (tertiary/aromatic N) is 1. The molecule has 0 aliphatic carbocycles. The van der Waals surface area contributed by atoms with Gasteiger partial charge in [0.05, 0.1) is 28.9 Å². The molecule has 25 heavy (non-hydrogen) atoms. The third kappa shape index (κ3) is 3.61. The summed E-state index contributed by atoms with van der Waals surface area (Å²) in [6.45, 7) is -0.259. The van der Waals surface area contributed by atoms with Gasteiger partial charge in [-0.2, -0.15) is 13.2 Å². The molecule has 0 bridgehead atoms. The zero-order valence-electron chi connectivity index (χ0n) is 12.8. The van der Waals surface area contributed by atoms with E-state index in [9.17, 15) is 23.1 Å². The molecule has 0 aliphatic heterocycles. The Morgan fingerprint density at radius 1 is 1.04 bits per heavy atom. The van der Waals surface area contributed by atoms with E-state index in [2.05, 4.69) is 10.3 Å². The summed E-state index contributed by atoms with van der Waals surface area (Å²) in [6.07, 6.45) is -4.43. The van der Waals surface area contributed by atoms with Crippen LogP contribution in [0.1, 0.15) is 21.6 Å². The molecule has 128 valence electrons. The highest BCUT2D eigenvalue weighted by atomic mass is 19.4. The second-order valence-corrected chi connectivity index (χ2v) is 5.37. The zero-order valence-corrected chi connectivity index (χ0v) is 12.8. The fraction of sp³-hybridized carbons (Fsp3) is 0.111. The molecule has 0 spiro atoms. The standard InChI is InChI=1S/C18H13F3N2O2/c19-18(20,21)12-5-8-13(9-6-12)23-17(25)15-3-1-2-11-4-7-14(10-24)22-16(11)15/h1-9,24H,10H2,(H,23,25). The number of rotatable bonds is 3. The molecule has 0 saturated heterocycles. The molecule has 0 atom stereocenters. The second-order valence-electron chi connectivity index (χ2n) is 5.37. The van der Waals surface area contributed by atoms with Crippen molar-refractivity contribution in [3.63, 3.8) is 0 Å². The van der Waals surface area contributed by atoms with Crippen molar-refractivity contribution in [2.45, 2.75) is 12.8 Å². The van der Waals surface area contributed by atoms with Crippen LogP contribution in [-0.4, -0.2) is 16.0 Å². The summed E-state index contributed by atoms with van der Waals surface area (Å²) < 4.78 is 37.7. The van der Waals surface area contributed by atoms with Crippen molar-refractivity contribution in [3.05, 3.63) is 71.4 Å². The number of pyridine rings is 1. The normalized spacial score (nSPS) is 11.5. The molecule has 0 aliphatic rings. The van der Waals surface area contributed by atoms with Crippen LogP contribution in [0.3, 0.4) is 0 Å². The summed E-state index contributed by atoms with van der Waals surface area (Å²) in [5, 5.41) is 12.5. The van der Waals surface area contributed by atoms with Crippen molar-refractivity contribution in [2.75, 3.05) is 5.32 Å². The molecule has 0 saturated carbocycles. The minimum atomic E-state index is -4.43. The van der Waals surface area contributed by atoms with E-state index in [4.69, 9.17) is 0 Å². The number of aliphatic hydroxyl groups is 1. The van der Waals surface area contributed by atoms with Gasteiger partial charge in [-0.3, -0.25) is 4.79 Å². The van der Waals surface area contributed by atoms with Gasteiger partial charge in [-0.1, -0.05) is 18.2 Å². The average Bonchev–Trinajstić information content (AvgIpc) is 2.60. The lowest BCUT2D eigenvalue weighted by Crippen LogP contribution is -2.13. The van der Waals surface area contributed by atoms with Crippen LogP contribution in [0, 0.1) is 0 Å². The quantitative estimate of drug-likeness (QED) is 0.754. The number of aromatic nitrogens is 1. The Morgan fingerprint density at radius 2 is 1.76 bits per heavy atom. The number of anilines is 1. The van der Waals surface area contributed by atoms with E-state index in [0.29, 0.717) is 11.2 Å². The Bertz CT molecular complexity index is 922. The van der Waals surface area contributed by atoms with E-state index in [1.54, 1.807) is 30.3 Å². The third-order valence-electron chi connectivity index (χ3n) is 3.65. The molecule has 1 aromatic heterocycles. The Kier molecular flexibility index (Phi) is 4.41. The van der Waals surface area contributed by atoms with Crippen molar-refractivity contribution in [2.24, 2.45) is 0 Å². The maximum Gasteiger partial charge on any atom is 0.416 e. The number of fused-ring (bicyclic) bond motifs is 1. The maximum atomic E-state index is 12.6. The predicted molar refractivity (Wildman–Crippen MR) is 87.1 cm³/mol. The molecule has 1 amide bonds. The van der Waals surface area contributed by atoms with Crippen LogP contribution >= 0.6 is 0 Å². The van der Waals surface area contributed by atoms with Crippen LogP contribution in [-0.2, 0) is 12.8 Å². The maximum absolute atomic E-state index is 12.6. The first-order valence-corrected chi connectivity index (χ1v) is 7.36. The molecule has 0 unspecified atom stereocenters. The van der Waals surface area contributed by atoms with E-state index in [1.165, 1.54) is 12.1 Å². The highest BCUT2D eigenvalue weighted by Gasteiger charge is 2.30. The van der Waals surface area contributed by atoms with Crippen molar-refractivity contribution in [1.82, 2.24) is 4.98 Å². The summed E-state index contributed by atoms with van der Waals surface area (Å²) in [4.78, 5) is 16.7. The molecular weight excluding hydrogens is 333 g/mol. The van der Waals surface area contributed by atoms with Gasteiger partial charge in [-0.05, 0) is 36.4 Å². The Balaban J connectivity index is 1.90. The van der Waals surface area contributed by atoms with Gasteiger partial charge in [0, 0.05) is 11.1 Å². The van der Waals surface area contributed by atoms with Gasteiger partial charge in [-0.15, -0.1) is 0 Å². The number of amides is 1. The fourth-order valence-electron chi connectivity index (χ4n) is 2.40. The molecule has 1 heterocycles. The fourth-order valence-corrected chi connectivity index (χ4v) is 2.40. The van der Waals surface area contributed by atoms with E-state index in [0.717, 1.165) is 17.5 Å². The summed E-state index contributed by atoms with van der Waals surface area (Å²) in [5.74, 6) is -0.493. The first-order valence-electron chi connectivity index (χ1n) is 7.36. The van der Waals surface area contributed by atoms with Gasteiger partial charge < -0.3 is 10.4 Å². The van der Waals surface area contributed by atoms with Crippen molar-refractivity contribution < 1.29 is 23.1 Å². The molecule has 3 aromatic rings. The minimum Gasteiger partial charge on any atom is -0.390 e. The SMILES string of the molecule is O=C(Nc1ccc(C(F)(F)F)cc1)c1cccc2ccc(CO)nc12. The van der Waals surface area contributed by atoms with Gasteiger partial charge >= 0.3 is 6.18 Å². The van der Waals surface area contributed by atoms with Gasteiger partial charge in [0.2, 0.25) is 0 Å². The van der Waals surface area contributed by atoms with Gasteiger partial charge in [0.25, 0.3) is 5.91 Å². The number of hydrogen-bond acceptors (Lipinski definition) is 3. The van der Waals surface area contributed by atoms with Crippen LogP contribution in [0.4, 0.5) is 18.9 Å². The Hall–Kier alpha value is -2.93. The summed E-state index contributed by atoms with van der Waals surface area (Å²) in [7, 11) is 0. The molecular formula is C18H13F3N2O2. The molecule has 4 nitrogen and oxygen atoms in total. The number of hydrogen-bond donors (Lipinski definition) is 2. The van der Waals surface area contributed by atoms with Crippen LogP contribution in [0.15, 0.2) is 54.6 Å². The van der Waals surface area contributed by atoms with Crippen LogP contribution < -0.4 is 5.32 Å². The molecule has 0 fully saturated rings. The van der Waals surface area contributed by atoms with Crippen LogP contribution in [0.2, 0.25) is 0 Å². The first kappa shape index (κ1) is 16.9. The van der Waals surface area contributed by atoms with E-state index < -0.39 is 17.6 Å². The number of benzene rings is 2. The Morgan fingerprint density at radius 3 is 2.40 bits per heavy atom. The van der Waals surface area contributed by atoms with Crippen molar-refractivity contribution >= 4 is 22.5 Å². The van der Waals surface area contributed by atoms with Gasteiger partial charge in [-0.25, -0.2) is 4.98 Å². The molecule has 7 heteroatoms. The molecule has 0 radical (unpaired) electrons. The third-order valence-corrected chi connectivity index (χ3v) is 3.65. The summed E-state index contributed by atoms with van der Waals surface area (Å²) in [5.41, 5.74) is 0.562. The minimum absolute atomic E-state index is 0.244. The monoisotopic (exact) mass is 346 g/mol. The van der Waals surface area contributed by atoms with Crippen molar-refractivity contribution in [3.8, 4) is 0 Å². The van der Waals surface area contributed by atoms with Crippen LogP contribution in [0.5, 0.6) is 0 Å². The average molecular weight is 346 g/mol. The molecule has 2 aromatic carbocycles. The predicted octanol–water partition coefficient (Wildman–Crippen LogP) is 4.00. The van der Waals surface area contributed by atoms with E-state index in [1.807, 2.05) is 0 Å². The lowest BCUT2D eigenvalue weighted by atomic mass is 10.1. The van der Waals surface area contributed by atoms with Crippen LogP contribution in [0.25, 0.3) is 10.9 Å². The lowest BCUT2D eigenvalue weighted by Gasteiger charge is -2.10. The van der Waals surface area contributed by atoms with E-state index in [-0.39, 0.29) is 17.9 Å². The number of aliphatic hydroxyl groups excluding tert-OH is 1. The van der Waals surface area contributed by atoms with Crippen molar-refractivity contribution in [1.29, 1.82) is 0 Å². The number of alkyl halides is 3. The first-order chi connectivity index (χ1) is 11.9. The van der Waals surface area contributed by atoms with Gasteiger partial charge in [0.1, 0.15) is 0 Å². The highest BCUT2D eigenvalue weighted by Crippen LogP contribution is 2.30. The van der Waals surface area contributed by atoms with E-state index >= 15 is 0 Å². The molecule has 2 N–H and O–H groups in total. The smallest absolute Gasteiger partial charge is 0.390 e. The number of carbonyl (C=O) groups excluding carboxylic acids is 1. The Labute approximate surface area is 140 Å². The van der Waals surface area contributed by atoms with Gasteiger partial charge in [0.15, 0.2) is 0 Å². The largest absolute Gasteiger partial charge is 0.416 e. The summed E-state index contributed by atoms with van der Waals surface area (Å²) in [6, 6.07) is 12.6. The topological polar surface area (TPSA) is 62.2 Å². The number of nitrogens with one attached hydrogen (secondary N) is 1. The lowest BCUT2D eigenvalue weighted by molar-refractivity contribution is -0.137. The number of carbonyl (C=O) groups is 1. The number of para-hydroxylation sites is 1. The number of halogens is 3. The summed E-state index contributed by atoms with van der Waals surface area (Å²) >= 11 is 0. The highest BCUT2D eigenvalue weighted by molar-refractivity contribution is 6.11. The molecule has 3 rings (SSSR count). The zero-order chi connectivity index (χ0) is 18.0.